The van der Waals surface area contributed by atoms with Crippen LogP contribution >= 0.6 is 27.5 Å². The van der Waals surface area contributed by atoms with Gasteiger partial charge in [0.2, 0.25) is 0 Å². The van der Waals surface area contributed by atoms with Gasteiger partial charge in [0.05, 0.1) is 11.7 Å². The Hall–Kier alpha value is -1.56. The van der Waals surface area contributed by atoms with Crippen LogP contribution in [0.4, 0.5) is 5.69 Å². The Morgan fingerprint density at radius 1 is 1.29 bits per heavy atom. The summed E-state index contributed by atoms with van der Waals surface area (Å²) in [4.78, 5) is 12.1. The number of hydrogen-bond acceptors (Lipinski definition) is 3. The van der Waals surface area contributed by atoms with Gasteiger partial charge in [-0.15, -0.1) is 0 Å². The van der Waals surface area contributed by atoms with Gasteiger partial charge in [-0.2, -0.15) is 0 Å². The summed E-state index contributed by atoms with van der Waals surface area (Å²) >= 11 is 9.17. The van der Waals surface area contributed by atoms with Crippen LogP contribution in [0.5, 0.6) is 0 Å². The Labute approximate surface area is 136 Å². The Morgan fingerprint density at radius 3 is 2.62 bits per heavy atom. The zero-order valence-electron chi connectivity index (χ0n) is 11.0. The number of benzene rings is 2. The number of nitrogens with one attached hydrogen (secondary N) is 1. The minimum Gasteiger partial charge on any atom is -0.399 e. The van der Waals surface area contributed by atoms with Crippen LogP contribution < -0.4 is 11.1 Å². The lowest BCUT2D eigenvalue weighted by atomic mass is 10.1. The molecule has 0 bridgehead atoms. The lowest BCUT2D eigenvalue weighted by Crippen LogP contribution is -2.28. The second-order valence-corrected chi connectivity index (χ2v) is 5.81. The number of nitrogen functional groups attached to an aromatic ring is 1. The van der Waals surface area contributed by atoms with E-state index in [9.17, 15) is 9.90 Å². The zero-order valence-corrected chi connectivity index (χ0v) is 13.4. The third-order valence-corrected chi connectivity index (χ3v) is 3.88. The third-order valence-electron chi connectivity index (χ3n) is 2.95. The SMILES string of the molecule is Nc1ccc(C(O)CNC(=O)c2cc(Cl)ccc2Br)cc1. The van der Waals surface area contributed by atoms with E-state index in [2.05, 4.69) is 21.2 Å². The molecule has 1 unspecified atom stereocenters. The van der Waals surface area contributed by atoms with E-state index in [-0.39, 0.29) is 12.5 Å². The maximum atomic E-state index is 12.1. The molecule has 0 fully saturated rings. The van der Waals surface area contributed by atoms with Crippen LogP contribution in [-0.4, -0.2) is 17.6 Å². The summed E-state index contributed by atoms with van der Waals surface area (Å²) < 4.78 is 0.645. The highest BCUT2D eigenvalue weighted by Crippen LogP contribution is 2.21. The maximum absolute atomic E-state index is 12.1. The van der Waals surface area contributed by atoms with Gasteiger partial charge in [-0.1, -0.05) is 23.7 Å². The van der Waals surface area contributed by atoms with Crippen LogP contribution in [-0.2, 0) is 0 Å². The van der Waals surface area contributed by atoms with Crippen molar-refractivity contribution in [1.82, 2.24) is 5.32 Å². The molecule has 4 N–H and O–H groups in total. The minimum atomic E-state index is -0.799. The van der Waals surface area contributed by atoms with Gasteiger partial charge in [0.15, 0.2) is 0 Å². The Balaban J connectivity index is 2.00. The number of nitrogens with two attached hydrogens (primary N) is 1. The molecule has 2 rings (SSSR count). The van der Waals surface area contributed by atoms with Crippen LogP contribution in [0.3, 0.4) is 0 Å². The fourth-order valence-corrected chi connectivity index (χ4v) is 2.39. The standard InChI is InChI=1S/C15H14BrClN2O2/c16-13-6-3-10(17)7-12(13)15(21)19-8-14(20)9-1-4-11(18)5-2-9/h1-7,14,20H,8,18H2,(H,19,21). The molecular formula is C15H14BrClN2O2. The number of carbonyl (C=O) groups is 1. The molecule has 0 aliphatic carbocycles. The first-order valence-corrected chi connectivity index (χ1v) is 7.41. The van der Waals surface area contributed by atoms with Gasteiger partial charge < -0.3 is 16.2 Å². The van der Waals surface area contributed by atoms with Crippen LogP contribution in [0.15, 0.2) is 46.9 Å². The molecule has 6 heteroatoms. The molecule has 1 atom stereocenters. The number of hydrogen-bond donors (Lipinski definition) is 3. The topological polar surface area (TPSA) is 75.3 Å². The normalized spacial score (nSPS) is 12.0. The largest absolute Gasteiger partial charge is 0.399 e. The van der Waals surface area contributed by atoms with E-state index in [1.54, 1.807) is 42.5 Å². The first kappa shape index (κ1) is 15.8. The van der Waals surface area contributed by atoms with Gasteiger partial charge in [0, 0.05) is 21.7 Å². The summed E-state index contributed by atoms with van der Waals surface area (Å²) in [7, 11) is 0. The average Bonchev–Trinajstić information content (AvgIpc) is 2.47. The molecule has 0 saturated heterocycles. The molecule has 21 heavy (non-hydrogen) atoms. The van der Waals surface area contributed by atoms with Crippen LogP contribution in [0, 0.1) is 0 Å². The maximum Gasteiger partial charge on any atom is 0.252 e. The number of aliphatic hydroxyl groups is 1. The van der Waals surface area contributed by atoms with Crippen LogP contribution in [0.1, 0.15) is 22.0 Å². The van der Waals surface area contributed by atoms with Gasteiger partial charge in [-0.05, 0) is 51.8 Å². The Bertz CT molecular complexity index is 647. The van der Waals surface area contributed by atoms with E-state index in [0.29, 0.717) is 26.3 Å². The lowest BCUT2D eigenvalue weighted by molar-refractivity contribution is 0.0915. The number of rotatable bonds is 4. The first-order chi connectivity index (χ1) is 9.97. The van der Waals surface area contributed by atoms with Gasteiger partial charge in [-0.25, -0.2) is 0 Å². The van der Waals surface area contributed by atoms with Gasteiger partial charge in [0.1, 0.15) is 0 Å². The van der Waals surface area contributed by atoms with Crippen molar-refractivity contribution >= 4 is 39.1 Å². The van der Waals surface area contributed by atoms with Crippen molar-refractivity contribution in [3.05, 3.63) is 63.1 Å². The summed E-state index contributed by atoms with van der Waals surface area (Å²) in [5.74, 6) is -0.307. The summed E-state index contributed by atoms with van der Waals surface area (Å²) in [6, 6.07) is 11.8. The predicted octanol–water partition coefficient (Wildman–Crippen LogP) is 3.15. The molecule has 0 radical (unpaired) electrons. The van der Waals surface area contributed by atoms with Crippen molar-refractivity contribution in [2.24, 2.45) is 0 Å². The molecule has 0 saturated carbocycles. The van der Waals surface area contributed by atoms with Crippen molar-refractivity contribution < 1.29 is 9.90 Å². The quantitative estimate of drug-likeness (QED) is 0.725. The lowest BCUT2D eigenvalue weighted by Gasteiger charge is -2.13. The fourth-order valence-electron chi connectivity index (χ4n) is 1.79. The fraction of sp³-hybridized carbons (Fsp3) is 0.133. The summed E-state index contributed by atoms with van der Waals surface area (Å²) in [5.41, 5.74) is 7.32. The van der Waals surface area contributed by atoms with Gasteiger partial charge in [-0.3, -0.25) is 4.79 Å². The monoisotopic (exact) mass is 368 g/mol. The molecule has 2 aromatic rings. The number of aliphatic hydroxyl groups excluding tert-OH is 1. The van der Waals surface area contributed by atoms with E-state index in [4.69, 9.17) is 17.3 Å². The third kappa shape index (κ3) is 4.20. The van der Waals surface area contributed by atoms with Crippen molar-refractivity contribution in [2.75, 3.05) is 12.3 Å². The first-order valence-electron chi connectivity index (χ1n) is 6.24. The van der Waals surface area contributed by atoms with E-state index in [1.165, 1.54) is 0 Å². The van der Waals surface area contributed by atoms with E-state index in [0.717, 1.165) is 0 Å². The minimum absolute atomic E-state index is 0.0989. The number of halogens is 2. The van der Waals surface area contributed by atoms with Crippen LogP contribution in [0.25, 0.3) is 0 Å². The Kier molecular flexibility index (Phi) is 5.22. The second-order valence-electron chi connectivity index (χ2n) is 4.52. The molecular weight excluding hydrogens is 356 g/mol. The highest BCUT2D eigenvalue weighted by molar-refractivity contribution is 9.10. The molecule has 1 amide bonds. The van der Waals surface area contributed by atoms with Crippen molar-refractivity contribution in [3.8, 4) is 0 Å². The second kappa shape index (κ2) is 6.93. The van der Waals surface area contributed by atoms with E-state index < -0.39 is 6.10 Å². The molecule has 0 heterocycles. The van der Waals surface area contributed by atoms with Crippen molar-refractivity contribution in [3.63, 3.8) is 0 Å². The summed E-state index contributed by atoms with van der Waals surface area (Å²) in [6.45, 7) is 0.0989. The van der Waals surface area contributed by atoms with E-state index >= 15 is 0 Å². The smallest absolute Gasteiger partial charge is 0.252 e. The van der Waals surface area contributed by atoms with Crippen molar-refractivity contribution in [2.45, 2.75) is 6.10 Å². The number of anilines is 1. The number of carbonyl (C=O) groups excluding carboxylic acids is 1. The molecule has 0 aliphatic rings. The number of amides is 1. The van der Waals surface area contributed by atoms with Crippen molar-refractivity contribution in [1.29, 1.82) is 0 Å². The summed E-state index contributed by atoms with van der Waals surface area (Å²) in [5, 5.41) is 13.2. The molecule has 0 spiro atoms. The molecule has 4 nitrogen and oxygen atoms in total. The highest BCUT2D eigenvalue weighted by atomic mass is 79.9. The predicted molar refractivity (Wildman–Crippen MR) is 87.3 cm³/mol. The zero-order chi connectivity index (χ0) is 15.4. The molecule has 2 aromatic carbocycles. The average molecular weight is 370 g/mol. The molecule has 110 valence electrons. The van der Waals surface area contributed by atoms with Gasteiger partial charge in [0.25, 0.3) is 5.91 Å². The van der Waals surface area contributed by atoms with E-state index in [1.807, 2.05) is 0 Å². The Morgan fingerprint density at radius 2 is 1.95 bits per heavy atom. The van der Waals surface area contributed by atoms with Gasteiger partial charge >= 0.3 is 0 Å². The summed E-state index contributed by atoms with van der Waals surface area (Å²) in [6.07, 6.45) is -0.799. The molecule has 0 aromatic heterocycles. The molecule has 0 aliphatic heterocycles. The van der Waals surface area contributed by atoms with Crippen LogP contribution in [0.2, 0.25) is 5.02 Å². The highest BCUT2D eigenvalue weighted by Gasteiger charge is 2.13.